The molecule has 2 amide bonds. The largest absolute Gasteiger partial charge is 0.295 e. The van der Waals surface area contributed by atoms with Crippen LogP contribution < -0.4 is 5.32 Å². The normalized spacial score (nSPS) is 28.0. The van der Waals surface area contributed by atoms with Gasteiger partial charge in [0.15, 0.2) is 8.46 Å². The summed E-state index contributed by atoms with van der Waals surface area (Å²) in [6, 6.07) is 0. The lowest BCUT2D eigenvalue weighted by Crippen LogP contribution is -2.69. The highest BCUT2D eigenvalue weighted by Crippen LogP contribution is 2.50. The summed E-state index contributed by atoms with van der Waals surface area (Å²) in [7, 11) is 0.0521. The van der Waals surface area contributed by atoms with Gasteiger partial charge in [-0.1, -0.05) is 0 Å². The van der Waals surface area contributed by atoms with Crippen LogP contribution in [-0.4, -0.2) is 17.5 Å². The summed E-state index contributed by atoms with van der Waals surface area (Å²) in [5, 5.41) is 2.16. The number of imide groups is 1. The molecule has 11 heavy (non-hydrogen) atoms. The van der Waals surface area contributed by atoms with E-state index in [0.29, 0.717) is 12.8 Å². The minimum absolute atomic E-state index is 0.0185. The minimum atomic E-state index is -0.762. The second-order valence-corrected chi connectivity index (χ2v) is 3.97. The van der Waals surface area contributed by atoms with Crippen LogP contribution in [0.15, 0.2) is 0 Å². The van der Waals surface area contributed by atoms with E-state index in [9.17, 15) is 14.2 Å². The molecular formula is C6H6NO3P. The van der Waals surface area contributed by atoms with Crippen LogP contribution in [0.25, 0.3) is 0 Å². The number of carbonyl (C=O) groups is 2. The van der Waals surface area contributed by atoms with Gasteiger partial charge in [-0.2, -0.15) is 0 Å². The van der Waals surface area contributed by atoms with Crippen LogP contribution in [0, 0.1) is 5.41 Å². The van der Waals surface area contributed by atoms with Crippen molar-refractivity contribution in [3.8, 4) is 0 Å². The van der Waals surface area contributed by atoms with E-state index < -0.39 is 5.41 Å². The van der Waals surface area contributed by atoms with Crippen molar-refractivity contribution in [3.05, 3.63) is 0 Å². The zero-order valence-corrected chi connectivity index (χ0v) is 6.56. The Kier molecular flexibility index (Phi) is 1.19. The monoisotopic (exact) mass is 171 g/mol. The molecule has 5 heteroatoms. The zero-order valence-electron chi connectivity index (χ0n) is 5.66. The third-order valence-electron chi connectivity index (χ3n) is 2.41. The first kappa shape index (κ1) is 6.92. The summed E-state index contributed by atoms with van der Waals surface area (Å²) >= 11 is 0. The van der Waals surface area contributed by atoms with Crippen molar-refractivity contribution in [2.45, 2.75) is 18.5 Å². The van der Waals surface area contributed by atoms with Crippen LogP contribution in [0.3, 0.4) is 0 Å². The maximum atomic E-state index is 10.9. The predicted octanol–water partition coefficient (Wildman–Crippen LogP) is 0.0833. The molecule has 1 saturated heterocycles. The first-order valence-corrected chi connectivity index (χ1v) is 4.25. The molecule has 58 valence electrons. The Hall–Kier alpha value is -0.760. The third kappa shape index (κ3) is 0.653. The van der Waals surface area contributed by atoms with Crippen LogP contribution in [0.5, 0.6) is 0 Å². The number of rotatable bonds is 1. The van der Waals surface area contributed by atoms with Gasteiger partial charge in [-0.15, -0.1) is 0 Å². The van der Waals surface area contributed by atoms with E-state index in [2.05, 4.69) is 5.32 Å². The van der Waals surface area contributed by atoms with Crippen LogP contribution in [0.1, 0.15) is 12.8 Å². The number of hydrogen-bond acceptors (Lipinski definition) is 3. The Bertz CT molecular complexity index is 241. The van der Waals surface area contributed by atoms with Gasteiger partial charge in [0.25, 0.3) is 0 Å². The standard InChI is InChI=1S/C6H6NO3P/c8-4-6(5(9)7-4)1-3(2-6)11-10/h3H,1-2H2,(H,7,8,9). The fourth-order valence-electron chi connectivity index (χ4n) is 1.57. The number of nitrogens with one attached hydrogen (secondary N) is 1. The molecule has 1 aliphatic heterocycles. The number of carbonyl (C=O) groups excluding carboxylic acids is 2. The van der Waals surface area contributed by atoms with Crippen molar-refractivity contribution in [3.63, 3.8) is 0 Å². The molecule has 2 aliphatic rings. The Morgan fingerprint density at radius 2 is 1.91 bits per heavy atom. The van der Waals surface area contributed by atoms with Crippen LogP contribution in [0.4, 0.5) is 0 Å². The zero-order chi connectivity index (χ0) is 8.06. The molecule has 1 aliphatic carbocycles. The van der Waals surface area contributed by atoms with Crippen molar-refractivity contribution in [2.75, 3.05) is 0 Å². The fraction of sp³-hybridized carbons (Fsp3) is 0.667. The summed E-state index contributed by atoms with van der Waals surface area (Å²) in [4.78, 5) is 21.7. The first-order chi connectivity index (χ1) is 5.19. The lowest BCUT2D eigenvalue weighted by Gasteiger charge is -2.47. The highest BCUT2D eigenvalue weighted by Gasteiger charge is 2.63. The summed E-state index contributed by atoms with van der Waals surface area (Å²) in [6.45, 7) is 0. The van der Waals surface area contributed by atoms with Gasteiger partial charge in [-0.25, -0.2) is 0 Å². The molecule has 1 spiro atoms. The number of amides is 2. The van der Waals surface area contributed by atoms with Crippen LogP contribution >= 0.6 is 8.46 Å². The van der Waals surface area contributed by atoms with E-state index >= 15 is 0 Å². The van der Waals surface area contributed by atoms with Crippen molar-refractivity contribution in [1.82, 2.24) is 5.32 Å². The molecule has 0 atom stereocenters. The van der Waals surface area contributed by atoms with Gasteiger partial charge in [0.1, 0.15) is 5.41 Å². The third-order valence-corrected chi connectivity index (χ3v) is 3.08. The van der Waals surface area contributed by atoms with Gasteiger partial charge in [-0.3, -0.25) is 19.5 Å². The second kappa shape index (κ2) is 1.89. The van der Waals surface area contributed by atoms with Gasteiger partial charge in [0.2, 0.25) is 11.8 Å². The molecule has 2 rings (SSSR count). The smallest absolute Gasteiger partial charge is 0.242 e. The molecular weight excluding hydrogens is 165 g/mol. The number of β-lactam (4-membered cyclic amide) rings is 2. The summed E-state index contributed by atoms with van der Waals surface area (Å²) in [5.41, 5.74) is -0.743. The highest BCUT2D eigenvalue weighted by atomic mass is 31.1. The molecule has 0 aromatic rings. The van der Waals surface area contributed by atoms with Gasteiger partial charge in [0.05, 0.1) is 0 Å². The lowest BCUT2D eigenvalue weighted by atomic mass is 9.63. The second-order valence-electron chi connectivity index (χ2n) is 3.03. The molecule has 0 aromatic carbocycles. The van der Waals surface area contributed by atoms with E-state index in [0.717, 1.165) is 0 Å². The maximum Gasteiger partial charge on any atom is 0.242 e. The Morgan fingerprint density at radius 1 is 1.36 bits per heavy atom. The van der Waals surface area contributed by atoms with Crippen molar-refractivity contribution >= 4 is 20.3 Å². The SMILES string of the molecule is O=PC1CC2(C1)C(=O)NC2=O. The fourth-order valence-corrected chi connectivity index (χ4v) is 2.35. The van der Waals surface area contributed by atoms with Crippen LogP contribution in [0.2, 0.25) is 0 Å². The maximum absolute atomic E-state index is 10.9. The summed E-state index contributed by atoms with van der Waals surface area (Å²) in [6.07, 6.45) is 0.922. The average molecular weight is 171 g/mol. The molecule has 1 saturated carbocycles. The molecule has 4 nitrogen and oxygen atoms in total. The van der Waals surface area contributed by atoms with Gasteiger partial charge in [0, 0.05) is 5.66 Å². The quantitative estimate of drug-likeness (QED) is 0.345. The van der Waals surface area contributed by atoms with Gasteiger partial charge >= 0.3 is 0 Å². The molecule has 0 radical (unpaired) electrons. The van der Waals surface area contributed by atoms with Crippen molar-refractivity contribution in [2.24, 2.45) is 5.41 Å². The average Bonchev–Trinajstić information content (AvgIpc) is 1.85. The van der Waals surface area contributed by atoms with E-state index in [1.54, 1.807) is 0 Å². The van der Waals surface area contributed by atoms with Crippen molar-refractivity contribution in [1.29, 1.82) is 0 Å². The summed E-state index contributed by atoms with van der Waals surface area (Å²) in [5.74, 6) is -0.384. The van der Waals surface area contributed by atoms with Crippen molar-refractivity contribution < 1.29 is 14.2 Å². The molecule has 0 bridgehead atoms. The molecule has 0 aromatic heterocycles. The van der Waals surface area contributed by atoms with Crippen LogP contribution in [-0.2, 0) is 14.2 Å². The molecule has 1 N–H and O–H groups in total. The summed E-state index contributed by atoms with van der Waals surface area (Å²) < 4.78 is 10.3. The Morgan fingerprint density at radius 3 is 2.27 bits per heavy atom. The van der Waals surface area contributed by atoms with E-state index in [1.807, 2.05) is 0 Å². The van der Waals surface area contributed by atoms with E-state index in [1.165, 1.54) is 0 Å². The molecule has 2 fully saturated rings. The Labute approximate surface area is 64.5 Å². The Balaban J connectivity index is 2.11. The molecule has 0 unspecified atom stereocenters. The lowest BCUT2D eigenvalue weighted by molar-refractivity contribution is -0.163. The number of hydrogen-bond donors (Lipinski definition) is 1. The predicted molar refractivity (Wildman–Crippen MR) is 36.2 cm³/mol. The minimum Gasteiger partial charge on any atom is -0.295 e. The topological polar surface area (TPSA) is 63.2 Å². The van der Waals surface area contributed by atoms with E-state index in [4.69, 9.17) is 0 Å². The highest BCUT2D eigenvalue weighted by molar-refractivity contribution is 7.24. The molecule has 1 heterocycles. The van der Waals surface area contributed by atoms with E-state index in [-0.39, 0.29) is 25.9 Å². The first-order valence-electron chi connectivity index (χ1n) is 3.37. The van der Waals surface area contributed by atoms with Gasteiger partial charge in [-0.05, 0) is 12.8 Å². The van der Waals surface area contributed by atoms with Gasteiger partial charge < -0.3 is 0 Å².